The molecule has 1 aromatic rings. The van der Waals surface area contributed by atoms with Crippen molar-refractivity contribution in [2.45, 2.75) is 20.8 Å². The third kappa shape index (κ3) is 3.95. The average molecular weight is 276 g/mol. The molecule has 4 nitrogen and oxygen atoms in total. The van der Waals surface area contributed by atoms with E-state index < -0.39 is 11.4 Å². The van der Waals surface area contributed by atoms with Crippen molar-refractivity contribution in [1.82, 2.24) is 0 Å². The molecule has 0 aliphatic heterocycles. The molecule has 0 unspecified atom stereocenters. The molecule has 0 radical (unpaired) electrons. The summed E-state index contributed by atoms with van der Waals surface area (Å²) in [7, 11) is 2.80. The number of methoxy groups -OCH3 is 2. The second-order valence-corrected chi connectivity index (χ2v) is 5.40. The predicted molar refractivity (Wildman–Crippen MR) is 77.8 cm³/mol. The summed E-state index contributed by atoms with van der Waals surface area (Å²) >= 11 is 0. The molecular weight excluding hydrogens is 256 g/mol. The standard InChI is InChI=1S/C16H20O4/c1-16(2,3)14(17)9-7-11-6-8-13(19-4)12(10-11)15(18)20-5/h6-10H,1-5H3/b9-7+. The SMILES string of the molecule is COC(=O)c1cc(/C=C/C(=O)C(C)(C)C)ccc1OC. The molecular formula is C16H20O4. The minimum atomic E-state index is -0.473. The van der Waals surface area contributed by atoms with Crippen molar-refractivity contribution in [3.63, 3.8) is 0 Å². The summed E-state index contributed by atoms with van der Waals surface area (Å²) in [5.74, 6) is -0.0108. The van der Waals surface area contributed by atoms with Crippen molar-refractivity contribution in [2.24, 2.45) is 5.41 Å². The van der Waals surface area contributed by atoms with Crippen LogP contribution in [0.3, 0.4) is 0 Å². The number of ketones is 1. The van der Waals surface area contributed by atoms with Gasteiger partial charge in [0, 0.05) is 5.41 Å². The quantitative estimate of drug-likeness (QED) is 0.626. The first-order chi connectivity index (χ1) is 9.29. The molecule has 108 valence electrons. The molecule has 0 fully saturated rings. The van der Waals surface area contributed by atoms with Crippen LogP contribution in [-0.2, 0) is 9.53 Å². The molecule has 0 saturated heterocycles. The monoisotopic (exact) mass is 276 g/mol. The fraction of sp³-hybridized carbons (Fsp3) is 0.375. The van der Waals surface area contributed by atoms with Gasteiger partial charge in [0.15, 0.2) is 5.78 Å². The third-order valence-corrected chi connectivity index (χ3v) is 2.80. The van der Waals surface area contributed by atoms with E-state index in [2.05, 4.69) is 0 Å². The second-order valence-electron chi connectivity index (χ2n) is 5.40. The van der Waals surface area contributed by atoms with Crippen molar-refractivity contribution < 1.29 is 19.1 Å². The molecule has 1 rings (SSSR count). The van der Waals surface area contributed by atoms with Crippen LogP contribution < -0.4 is 4.74 Å². The van der Waals surface area contributed by atoms with Gasteiger partial charge in [0.2, 0.25) is 0 Å². The number of esters is 1. The van der Waals surface area contributed by atoms with Gasteiger partial charge in [-0.2, -0.15) is 0 Å². The molecule has 1 aromatic carbocycles. The van der Waals surface area contributed by atoms with Crippen molar-refractivity contribution >= 4 is 17.8 Å². The second kappa shape index (κ2) is 6.37. The fourth-order valence-corrected chi connectivity index (χ4v) is 1.52. The van der Waals surface area contributed by atoms with Crippen LogP contribution in [0.5, 0.6) is 5.75 Å². The highest BCUT2D eigenvalue weighted by Gasteiger charge is 2.18. The van der Waals surface area contributed by atoms with Crippen LogP contribution in [0.15, 0.2) is 24.3 Å². The van der Waals surface area contributed by atoms with Crippen LogP contribution in [0.4, 0.5) is 0 Å². The van der Waals surface area contributed by atoms with Gasteiger partial charge in [-0.15, -0.1) is 0 Å². The zero-order valence-electron chi connectivity index (χ0n) is 12.5. The molecule has 0 aliphatic rings. The first-order valence-corrected chi connectivity index (χ1v) is 6.28. The molecule has 0 N–H and O–H groups in total. The molecule has 0 aliphatic carbocycles. The number of hydrogen-bond acceptors (Lipinski definition) is 4. The number of rotatable bonds is 4. The van der Waals surface area contributed by atoms with E-state index in [4.69, 9.17) is 9.47 Å². The lowest BCUT2D eigenvalue weighted by Gasteiger charge is -2.13. The first-order valence-electron chi connectivity index (χ1n) is 6.28. The Labute approximate surface area is 119 Å². The number of hydrogen-bond donors (Lipinski definition) is 0. The number of allylic oxidation sites excluding steroid dienone is 1. The Bertz CT molecular complexity index is 536. The lowest BCUT2D eigenvalue weighted by molar-refractivity contribution is -0.121. The van der Waals surface area contributed by atoms with Gasteiger partial charge in [-0.05, 0) is 23.8 Å². The smallest absolute Gasteiger partial charge is 0.341 e. The molecule has 4 heteroatoms. The summed E-state index contributed by atoms with van der Waals surface area (Å²) in [5.41, 5.74) is 0.651. The van der Waals surface area contributed by atoms with E-state index in [1.54, 1.807) is 24.3 Å². The van der Waals surface area contributed by atoms with Crippen molar-refractivity contribution in [1.29, 1.82) is 0 Å². The van der Waals surface area contributed by atoms with Gasteiger partial charge in [0.05, 0.1) is 14.2 Å². The van der Waals surface area contributed by atoms with Crippen molar-refractivity contribution in [2.75, 3.05) is 14.2 Å². The van der Waals surface area contributed by atoms with E-state index in [1.165, 1.54) is 20.3 Å². The summed E-state index contributed by atoms with van der Waals surface area (Å²) in [6.07, 6.45) is 3.20. The minimum Gasteiger partial charge on any atom is -0.496 e. The highest BCUT2D eigenvalue weighted by Crippen LogP contribution is 2.22. The Hall–Kier alpha value is -2.10. The minimum absolute atomic E-state index is 0.0212. The van der Waals surface area contributed by atoms with Crippen LogP contribution in [0.1, 0.15) is 36.7 Å². The first kappa shape index (κ1) is 16.0. The highest BCUT2D eigenvalue weighted by molar-refractivity contribution is 5.98. The van der Waals surface area contributed by atoms with Crippen LogP contribution in [0.25, 0.3) is 6.08 Å². The largest absolute Gasteiger partial charge is 0.496 e. The number of carbonyl (C=O) groups is 2. The van der Waals surface area contributed by atoms with E-state index >= 15 is 0 Å². The Morgan fingerprint density at radius 2 is 1.80 bits per heavy atom. The van der Waals surface area contributed by atoms with Crippen LogP contribution in [0, 0.1) is 5.41 Å². The molecule has 0 atom stereocenters. The zero-order chi connectivity index (χ0) is 15.3. The summed E-state index contributed by atoms with van der Waals surface area (Å²) in [5, 5.41) is 0. The average Bonchev–Trinajstić information content (AvgIpc) is 2.42. The van der Waals surface area contributed by atoms with E-state index in [1.807, 2.05) is 20.8 Å². The van der Waals surface area contributed by atoms with Crippen LogP contribution in [0.2, 0.25) is 0 Å². The molecule has 20 heavy (non-hydrogen) atoms. The Balaban J connectivity index is 3.07. The maximum Gasteiger partial charge on any atom is 0.341 e. The lowest BCUT2D eigenvalue weighted by atomic mass is 9.90. The summed E-state index contributed by atoms with van der Waals surface area (Å²) in [4.78, 5) is 23.5. The molecule has 0 bridgehead atoms. The summed E-state index contributed by atoms with van der Waals surface area (Å²) < 4.78 is 9.81. The highest BCUT2D eigenvalue weighted by atomic mass is 16.5. The maximum absolute atomic E-state index is 11.8. The van der Waals surface area contributed by atoms with Gasteiger partial charge in [-0.25, -0.2) is 4.79 Å². The number of ether oxygens (including phenoxy) is 2. The summed E-state index contributed by atoms with van der Waals surface area (Å²) in [6, 6.07) is 5.09. The van der Waals surface area contributed by atoms with Gasteiger partial charge in [-0.1, -0.05) is 32.9 Å². The third-order valence-electron chi connectivity index (χ3n) is 2.80. The normalized spacial score (nSPS) is 11.4. The van der Waals surface area contributed by atoms with Gasteiger partial charge in [-0.3, -0.25) is 4.79 Å². The van der Waals surface area contributed by atoms with Gasteiger partial charge < -0.3 is 9.47 Å². The predicted octanol–water partition coefficient (Wildman–Crippen LogP) is 3.11. The van der Waals surface area contributed by atoms with Gasteiger partial charge >= 0.3 is 5.97 Å². The van der Waals surface area contributed by atoms with E-state index in [0.29, 0.717) is 11.3 Å². The molecule has 0 spiro atoms. The van der Waals surface area contributed by atoms with Gasteiger partial charge in [0.1, 0.15) is 11.3 Å². The molecule has 0 amide bonds. The van der Waals surface area contributed by atoms with E-state index in [-0.39, 0.29) is 5.78 Å². The fourth-order valence-electron chi connectivity index (χ4n) is 1.52. The summed E-state index contributed by atoms with van der Waals surface area (Å²) in [6.45, 7) is 5.56. The number of benzene rings is 1. The van der Waals surface area contributed by atoms with Gasteiger partial charge in [0.25, 0.3) is 0 Å². The Morgan fingerprint density at radius 1 is 1.15 bits per heavy atom. The maximum atomic E-state index is 11.8. The lowest BCUT2D eigenvalue weighted by Crippen LogP contribution is -2.17. The topological polar surface area (TPSA) is 52.6 Å². The van der Waals surface area contributed by atoms with Crippen molar-refractivity contribution in [3.8, 4) is 5.75 Å². The number of carbonyl (C=O) groups excluding carboxylic acids is 2. The zero-order valence-corrected chi connectivity index (χ0v) is 12.5. The Morgan fingerprint density at radius 3 is 2.30 bits per heavy atom. The van der Waals surface area contributed by atoms with E-state index in [0.717, 1.165) is 5.56 Å². The molecule has 0 heterocycles. The molecule has 0 aromatic heterocycles. The van der Waals surface area contributed by atoms with Crippen molar-refractivity contribution in [3.05, 3.63) is 35.4 Å². The van der Waals surface area contributed by atoms with Crippen LogP contribution >= 0.6 is 0 Å². The van der Waals surface area contributed by atoms with E-state index in [9.17, 15) is 9.59 Å². The Kier molecular flexibility index (Phi) is 5.08. The van der Waals surface area contributed by atoms with Crippen LogP contribution in [-0.4, -0.2) is 26.0 Å². The molecule has 0 saturated carbocycles.